The van der Waals surface area contributed by atoms with Crippen LogP contribution in [0.25, 0.3) is 0 Å². The predicted octanol–water partition coefficient (Wildman–Crippen LogP) is 1.34. The molecule has 0 aliphatic carbocycles. The van der Waals surface area contributed by atoms with Crippen LogP contribution in [0.2, 0.25) is 0 Å². The summed E-state index contributed by atoms with van der Waals surface area (Å²) in [6, 6.07) is 0. The third-order valence-electron chi connectivity index (χ3n) is 3.79. The maximum Gasteiger partial charge on any atom is 0.232 e. The van der Waals surface area contributed by atoms with E-state index in [0.717, 1.165) is 32.5 Å². The third kappa shape index (κ3) is 4.73. The van der Waals surface area contributed by atoms with Crippen LogP contribution in [-0.4, -0.2) is 54.4 Å². The number of likely N-dealkylation sites (tertiary alicyclic amines) is 1. The summed E-state index contributed by atoms with van der Waals surface area (Å²) in [5.41, 5.74) is 5.72. The third-order valence-corrected chi connectivity index (χ3v) is 4.04. The van der Waals surface area contributed by atoms with Crippen molar-refractivity contribution in [2.24, 2.45) is 23.5 Å². The highest BCUT2D eigenvalue weighted by Crippen LogP contribution is 2.22. The molecule has 19 heavy (non-hydrogen) atoms. The number of amides is 1. The second-order valence-corrected chi connectivity index (χ2v) is 6.63. The Hall–Kier alpha value is -0.680. The predicted molar refractivity (Wildman–Crippen MR) is 83.0 cm³/mol. The number of nitrogens with two attached hydrogens (primary N) is 1. The largest absolute Gasteiger partial charge is 0.393 e. The Labute approximate surface area is 122 Å². The van der Waals surface area contributed by atoms with Crippen molar-refractivity contribution < 1.29 is 4.79 Å². The van der Waals surface area contributed by atoms with Crippen LogP contribution in [0.1, 0.15) is 26.7 Å². The van der Waals surface area contributed by atoms with Crippen molar-refractivity contribution in [3.05, 3.63) is 0 Å². The van der Waals surface area contributed by atoms with Crippen LogP contribution in [0, 0.1) is 17.8 Å². The lowest BCUT2D eigenvalue weighted by molar-refractivity contribution is -0.135. The van der Waals surface area contributed by atoms with E-state index < -0.39 is 0 Å². The Morgan fingerprint density at radius 2 is 1.89 bits per heavy atom. The van der Waals surface area contributed by atoms with E-state index in [-0.39, 0.29) is 17.7 Å². The van der Waals surface area contributed by atoms with Gasteiger partial charge in [0.2, 0.25) is 5.91 Å². The molecule has 110 valence electrons. The molecule has 1 rings (SSSR count). The molecule has 0 bridgehead atoms. The van der Waals surface area contributed by atoms with E-state index in [1.807, 2.05) is 18.7 Å². The molecule has 1 heterocycles. The monoisotopic (exact) mass is 285 g/mol. The lowest BCUT2D eigenvalue weighted by Gasteiger charge is -2.35. The average Bonchev–Trinajstić information content (AvgIpc) is 2.27. The first kappa shape index (κ1) is 16.4. The topological polar surface area (TPSA) is 49.6 Å². The standard InChI is InChI=1S/C14H27N3OS/c1-10(2)12(13(15)19)14(18)17-7-5-11(6-8-17)9-16(3)4/h10-12H,5-9H2,1-4H3,(H2,15,19). The van der Waals surface area contributed by atoms with Gasteiger partial charge in [0.1, 0.15) is 0 Å². The lowest BCUT2D eigenvalue weighted by Crippen LogP contribution is -2.47. The van der Waals surface area contributed by atoms with Gasteiger partial charge in [-0.3, -0.25) is 4.79 Å². The van der Waals surface area contributed by atoms with Crippen molar-refractivity contribution in [1.82, 2.24) is 9.80 Å². The zero-order valence-corrected chi connectivity index (χ0v) is 13.4. The summed E-state index contributed by atoms with van der Waals surface area (Å²) in [6.45, 7) is 6.78. The molecule has 4 nitrogen and oxygen atoms in total. The van der Waals surface area contributed by atoms with Crippen LogP contribution in [0.15, 0.2) is 0 Å². The zero-order valence-electron chi connectivity index (χ0n) is 12.6. The highest BCUT2D eigenvalue weighted by molar-refractivity contribution is 7.80. The van der Waals surface area contributed by atoms with Crippen molar-refractivity contribution in [2.75, 3.05) is 33.7 Å². The van der Waals surface area contributed by atoms with Gasteiger partial charge in [0.15, 0.2) is 0 Å². The molecule has 1 fully saturated rings. The average molecular weight is 285 g/mol. The molecule has 0 aromatic heterocycles. The van der Waals surface area contributed by atoms with Crippen LogP contribution in [0.3, 0.4) is 0 Å². The maximum atomic E-state index is 12.5. The molecule has 0 aromatic carbocycles. The van der Waals surface area contributed by atoms with E-state index in [1.165, 1.54) is 0 Å². The summed E-state index contributed by atoms with van der Waals surface area (Å²) < 4.78 is 0. The smallest absolute Gasteiger partial charge is 0.232 e. The Morgan fingerprint density at radius 1 is 1.37 bits per heavy atom. The van der Waals surface area contributed by atoms with Gasteiger partial charge in [-0.25, -0.2) is 0 Å². The highest BCUT2D eigenvalue weighted by Gasteiger charge is 2.31. The number of carbonyl (C=O) groups is 1. The van der Waals surface area contributed by atoms with Crippen LogP contribution in [0.4, 0.5) is 0 Å². The van der Waals surface area contributed by atoms with Gasteiger partial charge in [0, 0.05) is 19.6 Å². The molecule has 0 spiro atoms. The zero-order chi connectivity index (χ0) is 14.6. The van der Waals surface area contributed by atoms with Gasteiger partial charge >= 0.3 is 0 Å². The van der Waals surface area contributed by atoms with E-state index >= 15 is 0 Å². The summed E-state index contributed by atoms with van der Waals surface area (Å²) in [4.78, 5) is 16.9. The molecule has 1 unspecified atom stereocenters. The molecular formula is C14H27N3OS. The van der Waals surface area contributed by atoms with Crippen LogP contribution < -0.4 is 5.73 Å². The van der Waals surface area contributed by atoms with Crippen molar-refractivity contribution in [2.45, 2.75) is 26.7 Å². The van der Waals surface area contributed by atoms with Gasteiger partial charge in [0.05, 0.1) is 10.9 Å². The SMILES string of the molecule is CC(C)C(C(=O)N1CCC(CN(C)C)CC1)C(N)=S. The second-order valence-electron chi connectivity index (χ2n) is 6.15. The van der Waals surface area contributed by atoms with E-state index in [1.54, 1.807) is 0 Å². The number of hydrogen-bond donors (Lipinski definition) is 1. The summed E-state index contributed by atoms with van der Waals surface area (Å²) >= 11 is 5.04. The first-order chi connectivity index (χ1) is 8.82. The molecule has 1 atom stereocenters. The molecule has 1 aliphatic heterocycles. The maximum absolute atomic E-state index is 12.5. The number of rotatable bonds is 5. The quantitative estimate of drug-likeness (QED) is 0.775. The first-order valence-corrected chi connectivity index (χ1v) is 7.46. The van der Waals surface area contributed by atoms with E-state index in [0.29, 0.717) is 10.9 Å². The van der Waals surface area contributed by atoms with Gasteiger partial charge in [-0.15, -0.1) is 0 Å². The molecule has 0 aromatic rings. The van der Waals surface area contributed by atoms with Gasteiger partial charge in [-0.05, 0) is 38.8 Å². The molecule has 1 aliphatic rings. The van der Waals surface area contributed by atoms with Crippen molar-refractivity contribution >= 4 is 23.1 Å². The van der Waals surface area contributed by atoms with Crippen LogP contribution in [0.5, 0.6) is 0 Å². The Morgan fingerprint density at radius 3 is 2.26 bits per heavy atom. The Kier molecular flexibility index (Phi) is 6.20. The number of hydrogen-bond acceptors (Lipinski definition) is 3. The minimum absolute atomic E-state index is 0.116. The fourth-order valence-electron chi connectivity index (χ4n) is 2.78. The fraction of sp³-hybridized carbons (Fsp3) is 0.857. The molecule has 0 radical (unpaired) electrons. The van der Waals surface area contributed by atoms with E-state index in [2.05, 4.69) is 19.0 Å². The van der Waals surface area contributed by atoms with Crippen LogP contribution in [-0.2, 0) is 4.79 Å². The Bertz CT molecular complexity index is 323. The molecule has 2 N–H and O–H groups in total. The van der Waals surface area contributed by atoms with Gasteiger partial charge in [-0.2, -0.15) is 0 Å². The summed E-state index contributed by atoms with van der Waals surface area (Å²) in [5.74, 6) is 0.678. The first-order valence-electron chi connectivity index (χ1n) is 7.05. The molecule has 1 amide bonds. The minimum atomic E-state index is -0.305. The molecule has 0 saturated carbocycles. The summed E-state index contributed by atoms with van der Waals surface area (Å²) in [7, 11) is 4.19. The molecular weight excluding hydrogens is 258 g/mol. The fourth-order valence-corrected chi connectivity index (χ4v) is 3.16. The molecule has 1 saturated heterocycles. The van der Waals surface area contributed by atoms with Gasteiger partial charge < -0.3 is 15.5 Å². The summed E-state index contributed by atoms with van der Waals surface area (Å²) in [6.07, 6.45) is 2.15. The van der Waals surface area contributed by atoms with Gasteiger partial charge in [0.25, 0.3) is 0 Å². The second kappa shape index (κ2) is 7.20. The number of piperidine rings is 1. The minimum Gasteiger partial charge on any atom is -0.393 e. The normalized spacial score (nSPS) is 18.9. The van der Waals surface area contributed by atoms with E-state index in [4.69, 9.17) is 18.0 Å². The number of thiocarbonyl (C=S) groups is 1. The molecule has 5 heteroatoms. The van der Waals surface area contributed by atoms with Crippen LogP contribution >= 0.6 is 12.2 Å². The number of nitrogens with zero attached hydrogens (tertiary/aromatic N) is 2. The Balaban J connectivity index is 2.54. The van der Waals surface area contributed by atoms with Crippen molar-refractivity contribution in [3.63, 3.8) is 0 Å². The van der Waals surface area contributed by atoms with E-state index in [9.17, 15) is 4.79 Å². The van der Waals surface area contributed by atoms with Gasteiger partial charge in [-0.1, -0.05) is 26.1 Å². The van der Waals surface area contributed by atoms with Crippen molar-refractivity contribution in [3.8, 4) is 0 Å². The number of carbonyl (C=O) groups excluding carboxylic acids is 1. The lowest BCUT2D eigenvalue weighted by atomic mass is 9.91. The van der Waals surface area contributed by atoms with Crippen molar-refractivity contribution in [1.29, 1.82) is 0 Å². The summed E-state index contributed by atoms with van der Waals surface area (Å²) in [5, 5.41) is 0. The highest BCUT2D eigenvalue weighted by atomic mass is 32.1.